The molecule has 0 saturated carbocycles. The Morgan fingerprint density at radius 1 is 1.18 bits per heavy atom. The van der Waals surface area contributed by atoms with Gasteiger partial charge in [0.15, 0.2) is 0 Å². The number of Topliss-reactive ketones (excluding diaryl/α,β-unsaturated/α-hetero) is 1. The first-order chi connectivity index (χ1) is 5.20. The minimum absolute atomic E-state index is 0.0607. The number of carbonyl (C=O) groups is 2. The van der Waals surface area contributed by atoms with Crippen LogP contribution in [0.15, 0.2) is 0 Å². The molecule has 1 N–H and O–H groups in total. The van der Waals surface area contributed by atoms with E-state index in [1.54, 1.807) is 7.05 Å². The van der Waals surface area contributed by atoms with E-state index in [4.69, 9.17) is 0 Å². The number of nitrogens with one attached hydrogen (secondary N) is 1. The van der Waals surface area contributed by atoms with E-state index in [1.165, 1.54) is 0 Å². The van der Waals surface area contributed by atoms with Gasteiger partial charge in [-0.3, -0.25) is 9.59 Å². The SMILES string of the molecule is CCCC(=O)CCC(=O)NC. The number of hydrogen-bond donors (Lipinski definition) is 1. The summed E-state index contributed by atoms with van der Waals surface area (Å²) in [6.45, 7) is 1.96. The molecule has 0 fully saturated rings. The van der Waals surface area contributed by atoms with E-state index in [-0.39, 0.29) is 11.7 Å². The molecular formula is C8H15NO2. The summed E-state index contributed by atoms with van der Waals surface area (Å²) in [6.07, 6.45) is 2.17. The van der Waals surface area contributed by atoms with Crippen molar-refractivity contribution in [3.63, 3.8) is 0 Å². The number of carbonyl (C=O) groups excluding carboxylic acids is 2. The van der Waals surface area contributed by atoms with Gasteiger partial charge < -0.3 is 5.32 Å². The molecule has 0 aromatic heterocycles. The summed E-state index contributed by atoms with van der Waals surface area (Å²) >= 11 is 0. The van der Waals surface area contributed by atoms with E-state index in [0.29, 0.717) is 19.3 Å². The molecule has 0 aliphatic carbocycles. The van der Waals surface area contributed by atoms with Crippen LogP contribution < -0.4 is 5.32 Å². The first kappa shape index (κ1) is 10.1. The molecule has 3 heteroatoms. The Balaban J connectivity index is 3.38. The van der Waals surface area contributed by atoms with Crippen LogP contribution in [0.4, 0.5) is 0 Å². The zero-order valence-corrected chi connectivity index (χ0v) is 7.14. The molecule has 0 saturated heterocycles. The van der Waals surface area contributed by atoms with Gasteiger partial charge in [-0.15, -0.1) is 0 Å². The Labute approximate surface area is 67.2 Å². The molecule has 0 aromatic rings. The van der Waals surface area contributed by atoms with E-state index in [2.05, 4.69) is 5.32 Å². The summed E-state index contributed by atoms with van der Waals surface area (Å²) in [7, 11) is 1.58. The molecule has 0 aromatic carbocycles. The van der Waals surface area contributed by atoms with Crippen LogP contribution >= 0.6 is 0 Å². The second-order valence-electron chi connectivity index (χ2n) is 2.46. The Kier molecular flexibility index (Phi) is 5.43. The highest BCUT2D eigenvalue weighted by Gasteiger charge is 2.03. The van der Waals surface area contributed by atoms with Crippen molar-refractivity contribution < 1.29 is 9.59 Å². The maximum Gasteiger partial charge on any atom is 0.220 e. The van der Waals surface area contributed by atoms with Crippen LogP contribution in [-0.4, -0.2) is 18.7 Å². The second-order valence-corrected chi connectivity index (χ2v) is 2.46. The van der Waals surface area contributed by atoms with Crippen molar-refractivity contribution in [2.75, 3.05) is 7.05 Å². The van der Waals surface area contributed by atoms with E-state index >= 15 is 0 Å². The number of hydrogen-bond acceptors (Lipinski definition) is 2. The minimum Gasteiger partial charge on any atom is -0.359 e. The zero-order valence-electron chi connectivity index (χ0n) is 7.14. The lowest BCUT2D eigenvalue weighted by Crippen LogP contribution is -2.18. The van der Waals surface area contributed by atoms with Gasteiger partial charge in [0.1, 0.15) is 5.78 Å². The van der Waals surface area contributed by atoms with Gasteiger partial charge in [-0.25, -0.2) is 0 Å². The van der Waals surface area contributed by atoms with Gasteiger partial charge >= 0.3 is 0 Å². The van der Waals surface area contributed by atoms with Crippen molar-refractivity contribution in [1.29, 1.82) is 0 Å². The van der Waals surface area contributed by atoms with Gasteiger partial charge in [-0.1, -0.05) is 6.92 Å². The fraction of sp³-hybridized carbons (Fsp3) is 0.750. The molecule has 3 nitrogen and oxygen atoms in total. The fourth-order valence-electron chi connectivity index (χ4n) is 0.782. The molecule has 0 atom stereocenters. The van der Waals surface area contributed by atoms with Crippen LogP contribution in [0.5, 0.6) is 0 Å². The van der Waals surface area contributed by atoms with Crippen molar-refractivity contribution >= 4 is 11.7 Å². The molecule has 0 bridgehead atoms. The predicted octanol–water partition coefficient (Wildman–Crippen LogP) is 0.882. The zero-order chi connectivity index (χ0) is 8.69. The molecule has 0 aliphatic heterocycles. The monoisotopic (exact) mass is 157 g/mol. The first-order valence-corrected chi connectivity index (χ1v) is 3.93. The number of rotatable bonds is 5. The standard InChI is InChI=1S/C8H15NO2/c1-3-4-7(10)5-6-8(11)9-2/h3-6H2,1-2H3,(H,9,11). The molecule has 11 heavy (non-hydrogen) atoms. The Bertz CT molecular complexity index is 143. The molecular weight excluding hydrogens is 142 g/mol. The van der Waals surface area contributed by atoms with Crippen LogP contribution in [0.3, 0.4) is 0 Å². The highest BCUT2D eigenvalue weighted by atomic mass is 16.2. The summed E-state index contributed by atoms with van der Waals surface area (Å²) in [5, 5.41) is 2.47. The lowest BCUT2D eigenvalue weighted by atomic mass is 10.1. The van der Waals surface area contributed by atoms with Crippen LogP contribution in [0.25, 0.3) is 0 Å². The third kappa shape index (κ3) is 5.58. The third-order valence-electron chi connectivity index (χ3n) is 1.44. The maximum absolute atomic E-state index is 10.9. The summed E-state index contributed by atoms with van der Waals surface area (Å²) in [5.41, 5.74) is 0. The average Bonchev–Trinajstić information content (AvgIpc) is 2.01. The molecule has 64 valence electrons. The third-order valence-corrected chi connectivity index (χ3v) is 1.44. The molecule has 1 amide bonds. The van der Waals surface area contributed by atoms with Crippen molar-refractivity contribution in [2.24, 2.45) is 0 Å². The summed E-state index contributed by atoms with van der Waals surface area (Å²) < 4.78 is 0. The van der Waals surface area contributed by atoms with Crippen molar-refractivity contribution in [3.05, 3.63) is 0 Å². The topological polar surface area (TPSA) is 46.2 Å². The van der Waals surface area contributed by atoms with Crippen molar-refractivity contribution in [3.8, 4) is 0 Å². The van der Waals surface area contributed by atoms with Crippen molar-refractivity contribution in [2.45, 2.75) is 32.6 Å². The van der Waals surface area contributed by atoms with Gasteiger partial charge in [-0.05, 0) is 6.42 Å². The minimum atomic E-state index is -0.0607. The number of ketones is 1. The normalized spacial score (nSPS) is 9.27. The molecule has 0 radical (unpaired) electrons. The molecule has 0 heterocycles. The quantitative estimate of drug-likeness (QED) is 0.644. The van der Waals surface area contributed by atoms with Crippen LogP contribution in [-0.2, 0) is 9.59 Å². The van der Waals surface area contributed by atoms with Crippen LogP contribution in [0.1, 0.15) is 32.6 Å². The lowest BCUT2D eigenvalue weighted by Gasteiger charge is -1.97. The van der Waals surface area contributed by atoms with E-state index in [0.717, 1.165) is 6.42 Å². The summed E-state index contributed by atoms with van der Waals surface area (Å²) in [4.78, 5) is 21.5. The largest absolute Gasteiger partial charge is 0.359 e. The van der Waals surface area contributed by atoms with E-state index in [9.17, 15) is 9.59 Å². The maximum atomic E-state index is 10.9. The van der Waals surface area contributed by atoms with Gasteiger partial charge in [0.05, 0.1) is 0 Å². The fourth-order valence-corrected chi connectivity index (χ4v) is 0.782. The predicted molar refractivity (Wildman–Crippen MR) is 43.2 cm³/mol. The van der Waals surface area contributed by atoms with Gasteiger partial charge in [0.2, 0.25) is 5.91 Å². The van der Waals surface area contributed by atoms with Gasteiger partial charge in [-0.2, -0.15) is 0 Å². The number of amides is 1. The highest BCUT2D eigenvalue weighted by Crippen LogP contribution is 1.97. The smallest absolute Gasteiger partial charge is 0.220 e. The molecule has 0 unspecified atom stereocenters. The molecule has 0 spiro atoms. The lowest BCUT2D eigenvalue weighted by molar-refractivity contribution is -0.125. The van der Waals surface area contributed by atoms with Crippen LogP contribution in [0, 0.1) is 0 Å². The van der Waals surface area contributed by atoms with Crippen LogP contribution in [0.2, 0.25) is 0 Å². The molecule has 0 rings (SSSR count). The van der Waals surface area contributed by atoms with Gasteiger partial charge in [0.25, 0.3) is 0 Å². The summed E-state index contributed by atoms with van der Waals surface area (Å²) in [6, 6.07) is 0. The van der Waals surface area contributed by atoms with Gasteiger partial charge in [0, 0.05) is 26.3 Å². The second kappa shape index (κ2) is 5.89. The first-order valence-electron chi connectivity index (χ1n) is 3.93. The average molecular weight is 157 g/mol. The Morgan fingerprint density at radius 3 is 2.27 bits per heavy atom. The highest BCUT2D eigenvalue weighted by molar-refractivity contribution is 5.84. The van der Waals surface area contributed by atoms with E-state index < -0.39 is 0 Å². The summed E-state index contributed by atoms with van der Waals surface area (Å²) in [5.74, 6) is 0.116. The Hall–Kier alpha value is -0.860. The molecule has 0 aliphatic rings. The Morgan fingerprint density at radius 2 is 1.82 bits per heavy atom. The van der Waals surface area contributed by atoms with E-state index in [1.807, 2.05) is 6.92 Å². The van der Waals surface area contributed by atoms with Crippen molar-refractivity contribution in [1.82, 2.24) is 5.32 Å².